The van der Waals surface area contributed by atoms with Gasteiger partial charge in [0.25, 0.3) is 0 Å². The Balaban J connectivity index is 1.32. The zero-order valence-corrected chi connectivity index (χ0v) is 19.2. The first-order valence-corrected chi connectivity index (χ1v) is 11.9. The van der Waals surface area contributed by atoms with Crippen LogP contribution in [-0.2, 0) is 6.54 Å². The van der Waals surface area contributed by atoms with Gasteiger partial charge in [0.05, 0.1) is 6.54 Å². The first kappa shape index (κ1) is 22.4. The van der Waals surface area contributed by atoms with Crippen molar-refractivity contribution in [3.8, 4) is 0 Å². The van der Waals surface area contributed by atoms with Crippen LogP contribution in [0.3, 0.4) is 0 Å². The number of pyridine rings is 1. The summed E-state index contributed by atoms with van der Waals surface area (Å²) in [6.07, 6.45) is 4.00. The molecule has 0 saturated carbocycles. The molecule has 0 aliphatic carbocycles. The molecule has 7 heteroatoms. The Morgan fingerprint density at radius 2 is 1.75 bits per heavy atom. The third kappa shape index (κ3) is 5.71. The Kier molecular flexibility index (Phi) is 7.82. The van der Waals surface area contributed by atoms with Crippen molar-refractivity contribution >= 4 is 17.5 Å². The number of piperidine rings is 1. The maximum absolute atomic E-state index is 9.34. The summed E-state index contributed by atoms with van der Waals surface area (Å²) in [5.74, 6) is 2.51. The van der Waals surface area contributed by atoms with E-state index in [0.29, 0.717) is 19.1 Å². The number of guanidine groups is 1. The number of hydrogen-bond donors (Lipinski definition) is 2. The lowest BCUT2D eigenvalue weighted by Gasteiger charge is -2.37. The molecule has 1 aromatic heterocycles. The van der Waals surface area contributed by atoms with Crippen LogP contribution < -0.4 is 15.1 Å². The van der Waals surface area contributed by atoms with Gasteiger partial charge < -0.3 is 25.1 Å². The number of anilines is 2. The fourth-order valence-electron chi connectivity index (χ4n) is 4.47. The van der Waals surface area contributed by atoms with Gasteiger partial charge in [-0.3, -0.25) is 0 Å². The average molecular weight is 437 g/mol. The van der Waals surface area contributed by atoms with Crippen LogP contribution >= 0.6 is 0 Å². The molecule has 3 heterocycles. The molecule has 2 aromatic rings. The van der Waals surface area contributed by atoms with E-state index in [1.54, 1.807) is 0 Å². The molecule has 2 saturated heterocycles. The standard InChI is InChI=1S/C25H36N6O/c1-2-26-25(31-17-15-30(16-18-31)24-5-3-4-12-27-24)28-19-21-6-8-23(9-7-21)29-13-10-22(20-32)11-14-29/h3-9,12,22,32H,2,10-11,13-20H2,1H3,(H,26,28). The summed E-state index contributed by atoms with van der Waals surface area (Å²) in [7, 11) is 0. The minimum absolute atomic E-state index is 0.317. The Morgan fingerprint density at radius 3 is 2.38 bits per heavy atom. The predicted octanol–water partition coefficient (Wildman–Crippen LogP) is 2.58. The lowest BCUT2D eigenvalue weighted by Crippen LogP contribution is -2.52. The molecule has 7 nitrogen and oxygen atoms in total. The highest BCUT2D eigenvalue weighted by Gasteiger charge is 2.21. The van der Waals surface area contributed by atoms with E-state index >= 15 is 0 Å². The molecule has 1 aromatic carbocycles. The molecule has 172 valence electrons. The largest absolute Gasteiger partial charge is 0.396 e. The molecule has 0 amide bonds. The van der Waals surface area contributed by atoms with Gasteiger partial charge in [0.1, 0.15) is 5.82 Å². The molecule has 0 spiro atoms. The summed E-state index contributed by atoms with van der Waals surface area (Å²) in [6.45, 7) is 9.79. The molecule has 2 aliphatic rings. The number of rotatable bonds is 6. The van der Waals surface area contributed by atoms with E-state index < -0.39 is 0 Å². The highest BCUT2D eigenvalue weighted by molar-refractivity contribution is 5.80. The van der Waals surface area contributed by atoms with Crippen molar-refractivity contribution in [2.45, 2.75) is 26.3 Å². The highest BCUT2D eigenvalue weighted by atomic mass is 16.3. The minimum Gasteiger partial charge on any atom is -0.396 e. The van der Waals surface area contributed by atoms with Gasteiger partial charge in [-0.05, 0) is 55.5 Å². The van der Waals surface area contributed by atoms with E-state index in [1.165, 1.54) is 11.3 Å². The predicted molar refractivity (Wildman–Crippen MR) is 131 cm³/mol. The van der Waals surface area contributed by atoms with Gasteiger partial charge in [-0.1, -0.05) is 18.2 Å². The van der Waals surface area contributed by atoms with Crippen molar-refractivity contribution in [1.29, 1.82) is 0 Å². The van der Waals surface area contributed by atoms with E-state index in [9.17, 15) is 5.11 Å². The molecule has 4 rings (SSSR count). The van der Waals surface area contributed by atoms with Gasteiger partial charge in [0.15, 0.2) is 5.96 Å². The molecule has 0 bridgehead atoms. The summed E-state index contributed by atoms with van der Waals surface area (Å²) in [4.78, 5) is 16.5. The van der Waals surface area contributed by atoms with Gasteiger partial charge in [0, 0.05) is 64.3 Å². The summed E-state index contributed by atoms with van der Waals surface area (Å²) < 4.78 is 0. The SMILES string of the molecule is CCNC(=NCc1ccc(N2CCC(CO)CC2)cc1)N1CCN(c2ccccn2)CC1. The molecular formula is C25H36N6O. The molecular weight excluding hydrogens is 400 g/mol. The number of nitrogens with zero attached hydrogens (tertiary/aromatic N) is 5. The fourth-order valence-corrected chi connectivity index (χ4v) is 4.47. The molecule has 2 fully saturated rings. The van der Waals surface area contributed by atoms with Crippen LogP contribution in [-0.4, -0.2) is 73.4 Å². The van der Waals surface area contributed by atoms with Crippen molar-refractivity contribution in [3.05, 3.63) is 54.2 Å². The van der Waals surface area contributed by atoms with Gasteiger partial charge >= 0.3 is 0 Å². The zero-order valence-electron chi connectivity index (χ0n) is 19.2. The lowest BCUT2D eigenvalue weighted by molar-refractivity contribution is 0.203. The normalized spacial score (nSPS) is 18.2. The fraction of sp³-hybridized carbons (Fsp3) is 0.520. The molecule has 0 atom stereocenters. The van der Waals surface area contributed by atoms with Crippen molar-refractivity contribution in [3.63, 3.8) is 0 Å². The summed E-state index contributed by atoms with van der Waals surface area (Å²) >= 11 is 0. The van der Waals surface area contributed by atoms with Crippen LogP contribution in [0.15, 0.2) is 53.7 Å². The minimum atomic E-state index is 0.317. The Morgan fingerprint density at radius 1 is 1.00 bits per heavy atom. The van der Waals surface area contributed by atoms with Crippen molar-refractivity contribution in [2.75, 3.05) is 62.2 Å². The Bertz CT molecular complexity index is 840. The smallest absolute Gasteiger partial charge is 0.194 e. The third-order valence-electron chi connectivity index (χ3n) is 6.47. The van der Waals surface area contributed by atoms with Crippen LogP contribution in [0, 0.1) is 5.92 Å². The number of aliphatic hydroxyl groups is 1. The van der Waals surface area contributed by atoms with E-state index in [1.807, 2.05) is 18.3 Å². The number of aromatic nitrogens is 1. The monoisotopic (exact) mass is 436 g/mol. The second-order valence-electron chi connectivity index (χ2n) is 8.61. The van der Waals surface area contributed by atoms with E-state index in [-0.39, 0.29) is 0 Å². The van der Waals surface area contributed by atoms with Crippen LogP contribution in [0.5, 0.6) is 0 Å². The lowest BCUT2D eigenvalue weighted by atomic mass is 9.97. The quantitative estimate of drug-likeness (QED) is 0.536. The van der Waals surface area contributed by atoms with Gasteiger partial charge in [-0.15, -0.1) is 0 Å². The number of aliphatic hydroxyl groups excluding tert-OH is 1. The summed E-state index contributed by atoms with van der Waals surface area (Å²) in [5.41, 5.74) is 2.49. The van der Waals surface area contributed by atoms with Crippen molar-refractivity contribution < 1.29 is 5.11 Å². The zero-order chi connectivity index (χ0) is 22.2. The Hall–Kier alpha value is -2.80. The first-order valence-electron chi connectivity index (χ1n) is 11.9. The number of aliphatic imine (C=N–C) groups is 1. The number of piperazine rings is 1. The van der Waals surface area contributed by atoms with Gasteiger partial charge in [0.2, 0.25) is 0 Å². The Labute approximate surface area is 191 Å². The maximum Gasteiger partial charge on any atom is 0.194 e. The van der Waals surface area contributed by atoms with Crippen molar-refractivity contribution in [1.82, 2.24) is 15.2 Å². The summed E-state index contributed by atoms with van der Waals surface area (Å²) in [6, 6.07) is 14.9. The van der Waals surface area contributed by atoms with Gasteiger partial charge in [-0.25, -0.2) is 9.98 Å². The number of benzene rings is 1. The van der Waals surface area contributed by atoms with Crippen molar-refractivity contribution in [2.24, 2.45) is 10.9 Å². The van der Waals surface area contributed by atoms with Crippen LogP contribution in [0.4, 0.5) is 11.5 Å². The third-order valence-corrected chi connectivity index (χ3v) is 6.47. The topological polar surface area (TPSA) is 67.2 Å². The highest BCUT2D eigenvalue weighted by Crippen LogP contribution is 2.23. The maximum atomic E-state index is 9.34. The molecule has 32 heavy (non-hydrogen) atoms. The first-order chi connectivity index (χ1) is 15.8. The molecule has 2 aliphatic heterocycles. The van der Waals surface area contributed by atoms with E-state index in [4.69, 9.17) is 4.99 Å². The average Bonchev–Trinajstić information content (AvgIpc) is 2.87. The second kappa shape index (κ2) is 11.2. The summed E-state index contributed by atoms with van der Waals surface area (Å²) in [5, 5.41) is 12.8. The van der Waals surface area contributed by atoms with E-state index in [0.717, 1.165) is 70.4 Å². The number of nitrogens with one attached hydrogen (secondary N) is 1. The van der Waals surface area contributed by atoms with Gasteiger partial charge in [-0.2, -0.15) is 0 Å². The van der Waals surface area contributed by atoms with Crippen LogP contribution in [0.1, 0.15) is 25.3 Å². The second-order valence-corrected chi connectivity index (χ2v) is 8.61. The van der Waals surface area contributed by atoms with Crippen LogP contribution in [0.2, 0.25) is 0 Å². The number of hydrogen-bond acceptors (Lipinski definition) is 5. The van der Waals surface area contributed by atoms with E-state index in [2.05, 4.69) is 62.3 Å². The molecule has 0 unspecified atom stereocenters. The molecule has 2 N–H and O–H groups in total. The van der Waals surface area contributed by atoms with Crippen LogP contribution in [0.25, 0.3) is 0 Å². The molecule has 0 radical (unpaired) electrons.